The molecule has 2 aromatic rings. The topological polar surface area (TPSA) is 113 Å². The molecule has 0 bridgehead atoms. The SMILES string of the molecule is O=C1CCCN1CCCNC(=NCc1ccc([N+](=O)[O-])cc1)NCc1ccco1. The number of nitrogens with zero attached hydrogens (tertiary/aromatic N) is 3. The van der Waals surface area contributed by atoms with Gasteiger partial charge in [-0.25, -0.2) is 4.99 Å². The minimum atomic E-state index is -0.421. The van der Waals surface area contributed by atoms with Gasteiger partial charge >= 0.3 is 0 Å². The summed E-state index contributed by atoms with van der Waals surface area (Å²) < 4.78 is 5.33. The third-order valence-corrected chi connectivity index (χ3v) is 4.65. The van der Waals surface area contributed by atoms with Crippen LogP contribution in [-0.2, 0) is 17.9 Å². The molecule has 9 heteroatoms. The Labute approximate surface area is 168 Å². The number of furan rings is 1. The van der Waals surface area contributed by atoms with Gasteiger partial charge in [-0.05, 0) is 30.5 Å². The first kappa shape index (κ1) is 20.4. The van der Waals surface area contributed by atoms with E-state index >= 15 is 0 Å². The van der Waals surface area contributed by atoms with E-state index in [-0.39, 0.29) is 11.6 Å². The average molecular weight is 399 g/mol. The first-order valence-electron chi connectivity index (χ1n) is 9.67. The van der Waals surface area contributed by atoms with E-state index in [4.69, 9.17) is 4.42 Å². The summed E-state index contributed by atoms with van der Waals surface area (Å²) in [6.45, 7) is 3.13. The summed E-state index contributed by atoms with van der Waals surface area (Å²) in [5.74, 6) is 1.64. The summed E-state index contributed by atoms with van der Waals surface area (Å²) in [5, 5.41) is 17.3. The lowest BCUT2D eigenvalue weighted by Crippen LogP contribution is -2.38. The fourth-order valence-corrected chi connectivity index (χ4v) is 3.07. The highest BCUT2D eigenvalue weighted by atomic mass is 16.6. The molecule has 1 aliphatic rings. The van der Waals surface area contributed by atoms with Gasteiger partial charge in [0.2, 0.25) is 5.91 Å². The standard InChI is InChI=1S/C20H25N5O4/c26-19-5-1-11-24(19)12-3-10-21-20(23-15-18-4-2-13-29-18)22-14-16-6-8-17(9-7-16)25(27)28/h2,4,6-9,13H,1,3,5,10-12,14-15H2,(H2,21,22,23). The number of likely N-dealkylation sites (tertiary alicyclic amines) is 1. The molecule has 9 nitrogen and oxygen atoms in total. The molecule has 0 spiro atoms. The molecule has 29 heavy (non-hydrogen) atoms. The molecule has 3 rings (SSSR count). The van der Waals surface area contributed by atoms with Crippen molar-refractivity contribution >= 4 is 17.6 Å². The van der Waals surface area contributed by atoms with Crippen LogP contribution < -0.4 is 10.6 Å². The van der Waals surface area contributed by atoms with Crippen LogP contribution in [0.4, 0.5) is 5.69 Å². The molecule has 0 unspecified atom stereocenters. The number of carbonyl (C=O) groups excluding carboxylic acids is 1. The fourth-order valence-electron chi connectivity index (χ4n) is 3.07. The van der Waals surface area contributed by atoms with Crippen LogP contribution in [0.5, 0.6) is 0 Å². The van der Waals surface area contributed by atoms with Gasteiger partial charge < -0.3 is 20.0 Å². The van der Waals surface area contributed by atoms with Crippen LogP contribution in [0.2, 0.25) is 0 Å². The molecule has 1 aliphatic heterocycles. The largest absolute Gasteiger partial charge is 0.467 e. The fraction of sp³-hybridized carbons (Fsp3) is 0.400. The van der Waals surface area contributed by atoms with Crippen molar-refractivity contribution in [2.75, 3.05) is 19.6 Å². The number of aliphatic imine (C=N–C) groups is 1. The molecule has 0 radical (unpaired) electrons. The molecule has 2 N–H and O–H groups in total. The Morgan fingerprint density at radius 2 is 2.07 bits per heavy atom. The van der Waals surface area contributed by atoms with Gasteiger partial charge in [0, 0.05) is 38.2 Å². The number of nitro benzene ring substituents is 1. The van der Waals surface area contributed by atoms with Crippen molar-refractivity contribution in [3.05, 3.63) is 64.1 Å². The maximum absolute atomic E-state index is 11.7. The smallest absolute Gasteiger partial charge is 0.269 e. The second-order valence-corrected chi connectivity index (χ2v) is 6.79. The third-order valence-electron chi connectivity index (χ3n) is 4.65. The first-order chi connectivity index (χ1) is 14.1. The van der Waals surface area contributed by atoms with Gasteiger partial charge in [0.1, 0.15) is 5.76 Å². The highest BCUT2D eigenvalue weighted by molar-refractivity contribution is 5.80. The van der Waals surface area contributed by atoms with E-state index in [2.05, 4.69) is 15.6 Å². The van der Waals surface area contributed by atoms with Crippen molar-refractivity contribution in [1.29, 1.82) is 0 Å². The Kier molecular flexibility index (Phi) is 7.21. The van der Waals surface area contributed by atoms with Crippen LogP contribution in [0.3, 0.4) is 0 Å². The molecule has 0 atom stereocenters. The van der Waals surface area contributed by atoms with Crippen molar-refractivity contribution in [1.82, 2.24) is 15.5 Å². The molecule has 1 fully saturated rings. The van der Waals surface area contributed by atoms with Crippen molar-refractivity contribution in [3.63, 3.8) is 0 Å². The van der Waals surface area contributed by atoms with Crippen molar-refractivity contribution in [2.45, 2.75) is 32.4 Å². The predicted molar refractivity (Wildman–Crippen MR) is 108 cm³/mol. The lowest BCUT2D eigenvalue weighted by Gasteiger charge is -2.16. The van der Waals surface area contributed by atoms with E-state index in [0.29, 0.717) is 32.0 Å². The van der Waals surface area contributed by atoms with Crippen LogP contribution in [0.25, 0.3) is 0 Å². The van der Waals surface area contributed by atoms with Gasteiger partial charge in [-0.1, -0.05) is 12.1 Å². The summed E-state index contributed by atoms with van der Waals surface area (Å²) in [6, 6.07) is 10.0. The average Bonchev–Trinajstić information content (AvgIpc) is 3.38. The van der Waals surface area contributed by atoms with Gasteiger partial charge in [0.15, 0.2) is 5.96 Å². The highest BCUT2D eigenvalue weighted by Gasteiger charge is 2.18. The highest BCUT2D eigenvalue weighted by Crippen LogP contribution is 2.12. The number of guanidine groups is 1. The lowest BCUT2D eigenvalue weighted by atomic mass is 10.2. The number of non-ortho nitro benzene ring substituents is 1. The maximum atomic E-state index is 11.7. The van der Waals surface area contributed by atoms with Crippen LogP contribution in [0.15, 0.2) is 52.1 Å². The van der Waals surface area contributed by atoms with Gasteiger partial charge in [0.25, 0.3) is 5.69 Å². The minimum absolute atomic E-state index is 0.0588. The molecule has 0 aliphatic carbocycles. The van der Waals surface area contributed by atoms with Crippen molar-refractivity contribution < 1.29 is 14.1 Å². The van der Waals surface area contributed by atoms with Crippen LogP contribution in [0.1, 0.15) is 30.6 Å². The molecule has 1 saturated heterocycles. The lowest BCUT2D eigenvalue weighted by molar-refractivity contribution is -0.384. The van der Waals surface area contributed by atoms with Gasteiger partial charge in [0.05, 0.1) is 24.3 Å². The van der Waals surface area contributed by atoms with E-state index < -0.39 is 4.92 Å². The second-order valence-electron chi connectivity index (χ2n) is 6.79. The summed E-state index contributed by atoms with van der Waals surface area (Å²) in [7, 11) is 0. The van der Waals surface area contributed by atoms with E-state index in [0.717, 1.165) is 37.3 Å². The zero-order chi connectivity index (χ0) is 20.5. The number of benzene rings is 1. The van der Waals surface area contributed by atoms with E-state index in [1.165, 1.54) is 12.1 Å². The number of hydrogen-bond acceptors (Lipinski definition) is 5. The molecule has 1 aromatic carbocycles. The first-order valence-corrected chi connectivity index (χ1v) is 9.67. The molecule has 1 aromatic heterocycles. The van der Waals surface area contributed by atoms with E-state index in [1.54, 1.807) is 18.4 Å². The zero-order valence-electron chi connectivity index (χ0n) is 16.2. The molecule has 1 amide bonds. The Hall–Kier alpha value is -3.36. The van der Waals surface area contributed by atoms with Crippen molar-refractivity contribution in [3.8, 4) is 0 Å². The second kappa shape index (κ2) is 10.3. The Balaban J connectivity index is 1.53. The number of hydrogen-bond donors (Lipinski definition) is 2. The summed E-state index contributed by atoms with van der Waals surface area (Å²) in [6.07, 6.45) is 4.04. The molecular formula is C20H25N5O4. The number of nitrogens with one attached hydrogen (secondary N) is 2. The number of nitro groups is 1. The van der Waals surface area contributed by atoms with Gasteiger partial charge in [-0.15, -0.1) is 0 Å². The summed E-state index contributed by atoms with van der Waals surface area (Å²) >= 11 is 0. The normalized spacial score (nSPS) is 14.3. The number of rotatable bonds is 9. The molecular weight excluding hydrogens is 374 g/mol. The van der Waals surface area contributed by atoms with Crippen molar-refractivity contribution in [2.24, 2.45) is 4.99 Å². The molecule has 154 valence electrons. The monoisotopic (exact) mass is 399 g/mol. The maximum Gasteiger partial charge on any atom is 0.269 e. The summed E-state index contributed by atoms with van der Waals surface area (Å²) in [4.78, 5) is 28.5. The quantitative estimate of drug-likeness (QED) is 0.220. The number of carbonyl (C=O) groups is 1. The van der Waals surface area contributed by atoms with Gasteiger partial charge in [-0.2, -0.15) is 0 Å². The van der Waals surface area contributed by atoms with E-state index in [1.807, 2.05) is 17.0 Å². The molecule has 2 heterocycles. The Bertz CT molecular complexity index is 833. The third kappa shape index (κ3) is 6.34. The molecule has 0 saturated carbocycles. The van der Waals surface area contributed by atoms with Gasteiger partial charge in [-0.3, -0.25) is 14.9 Å². The predicted octanol–water partition coefficient (Wildman–Crippen LogP) is 2.44. The zero-order valence-corrected chi connectivity index (χ0v) is 16.2. The van der Waals surface area contributed by atoms with Crippen LogP contribution in [-0.4, -0.2) is 41.3 Å². The van der Waals surface area contributed by atoms with Crippen LogP contribution in [0, 0.1) is 10.1 Å². The Morgan fingerprint density at radius 3 is 2.72 bits per heavy atom. The number of amides is 1. The minimum Gasteiger partial charge on any atom is -0.467 e. The Morgan fingerprint density at radius 1 is 1.24 bits per heavy atom. The van der Waals surface area contributed by atoms with E-state index in [9.17, 15) is 14.9 Å². The summed E-state index contributed by atoms with van der Waals surface area (Å²) in [5.41, 5.74) is 0.931. The van der Waals surface area contributed by atoms with Crippen LogP contribution >= 0.6 is 0 Å².